The molecule has 1 aliphatic rings. The standard InChI is InChI=1S/C16H10N2O2.BrH/c19-15-9-5-1-3-7-11(9)17-13(15)14-16(20)10-6-2-4-8-12(10)18-14;/h1-8,17,19H;1H/p-1. The first kappa shape index (κ1) is 13.6. The quantitative estimate of drug-likeness (QED) is 0.663. The van der Waals surface area contributed by atoms with Gasteiger partial charge in [0, 0.05) is 16.5 Å². The van der Waals surface area contributed by atoms with E-state index in [4.69, 9.17) is 0 Å². The Labute approximate surface area is 130 Å². The number of nitrogens with one attached hydrogen (secondary N) is 1. The number of aromatic amines is 1. The molecule has 104 valence electrons. The Morgan fingerprint density at radius 1 is 1.00 bits per heavy atom. The number of Topliss-reactive ketones (excluding diaryl/α,β-unsaturated/α-hetero) is 1. The minimum atomic E-state index is -0.164. The summed E-state index contributed by atoms with van der Waals surface area (Å²) >= 11 is 0. The maximum atomic E-state index is 12.4. The van der Waals surface area contributed by atoms with Crippen LogP contribution in [0.1, 0.15) is 16.1 Å². The summed E-state index contributed by atoms with van der Waals surface area (Å²) in [5.74, 6) is -0.0945. The number of hydrogen-bond donors (Lipinski definition) is 2. The van der Waals surface area contributed by atoms with Gasteiger partial charge in [0.15, 0.2) is 5.75 Å². The van der Waals surface area contributed by atoms with Gasteiger partial charge >= 0.3 is 0 Å². The zero-order chi connectivity index (χ0) is 13.7. The Hall–Kier alpha value is -2.40. The van der Waals surface area contributed by atoms with Crippen LogP contribution in [-0.4, -0.2) is 21.6 Å². The van der Waals surface area contributed by atoms with E-state index in [1.807, 2.05) is 24.3 Å². The van der Waals surface area contributed by atoms with Crippen molar-refractivity contribution in [1.29, 1.82) is 0 Å². The molecule has 3 aromatic rings. The molecule has 0 fully saturated rings. The van der Waals surface area contributed by atoms with Crippen LogP contribution < -0.4 is 17.0 Å². The normalized spacial score (nSPS) is 13.0. The van der Waals surface area contributed by atoms with E-state index in [-0.39, 0.29) is 34.2 Å². The lowest BCUT2D eigenvalue weighted by Gasteiger charge is -1.96. The molecule has 4 nitrogen and oxygen atoms in total. The number of H-pyrrole nitrogens is 1. The molecule has 1 aromatic heterocycles. The smallest absolute Gasteiger partial charge is 0.215 e. The number of fused-ring (bicyclic) bond motifs is 2. The molecule has 21 heavy (non-hydrogen) atoms. The van der Waals surface area contributed by atoms with Crippen molar-refractivity contribution in [3.63, 3.8) is 0 Å². The third kappa shape index (κ3) is 1.89. The number of aromatic nitrogens is 1. The van der Waals surface area contributed by atoms with Crippen LogP contribution in [-0.2, 0) is 0 Å². The van der Waals surface area contributed by atoms with E-state index in [1.165, 1.54) is 0 Å². The van der Waals surface area contributed by atoms with Crippen LogP contribution >= 0.6 is 0 Å². The SMILES string of the molecule is O=C1C(c2[nH]c3ccccc3c2O)=Nc2ccccc21.[Br-]. The van der Waals surface area contributed by atoms with Gasteiger partial charge in [0.1, 0.15) is 11.4 Å². The maximum absolute atomic E-state index is 12.4. The number of carbonyl (C=O) groups is 1. The molecule has 0 saturated heterocycles. The Kier molecular flexibility index (Phi) is 3.14. The Morgan fingerprint density at radius 3 is 2.48 bits per heavy atom. The van der Waals surface area contributed by atoms with E-state index in [9.17, 15) is 9.90 Å². The van der Waals surface area contributed by atoms with Crippen molar-refractivity contribution in [3.8, 4) is 5.75 Å². The van der Waals surface area contributed by atoms with Crippen molar-refractivity contribution in [3.05, 3.63) is 59.8 Å². The molecule has 0 aliphatic carbocycles. The maximum Gasteiger partial charge on any atom is 0.215 e. The van der Waals surface area contributed by atoms with Crippen molar-refractivity contribution in [1.82, 2.24) is 4.98 Å². The van der Waals surface area contributed by atoms with Crippen molar-refractivity contribution in [2.75, 3.05) is 0 Å². The summed E-state index contributed by atoms with van der Waals surface area (Å²) in [5.41, 5.74) is 2.64. The Morgan fingerprint density at radius 2 is 1.71 bits per heavy atom. The minimum absolute atomic E-state index is 0. The lowest BCUT2D eigenvalue weighted by atomic mass is 10.1. The predicted octanol–water partition coefficient (Wildman–Crippen LogP) is 0.195. The zero-order valence-electron chi connectivity index (χ0n) is 10.8. The molecule has 5 heteroatoms. The van der Waals surface area contributed by atoms with Crippen LogP contribution in [0.2, 0.25) is 0 Å². The molecule has 0 bridgehead atoms. The number of nitrogens with zero attached hydrogens (tertiary/aromatic N) is 1. The number of para-hydroxylation sites is 2. The fraction of sp³-hybridized carbons (Fsp3) is 0. The molecule has 0 atom stereocenters. The van der Waals surface area contributed by atoms with Crippen LogP contribution in [0, 0.1) is 0 Å². The lowest BCUT2D eigenvalue weighted by molar-refractivity contribution is -0.0000118. The average Bonchev–Trinajstić information content (AvgIpc) is 2.98. The van der Waals surface area contributed by atoms with Gasteiger partial charge in [-0.2, -0.15) is 0 Å². The summed E-state index contributed by atoms with van der Waals surface area (Å²) in [6.07, 6.45) is 0. The third-order valence-corrected chi connectivity index (χ3v) is 3.51. The van der Waals surface area contributed by atoms with E-state index >= 15 is 0 Å². The first-order chi connectivity index (χ1) is 9.75. The van der Waals surface area contributed by atoms with E-state index in [2.05, 4.69) is 9.98 Å². The van der Waals surface area contributed by atoms with Crippen molar-refractivity contribution in [2.45, 2.75) is 0 Å². The number of aliphatic imine (C=N–C) groups is 1. The second kappa shape index (κ2) is 4.86. The largest absolute Gasteiger partial charge is 1.00 e. The molecule has 4 rings (SSSR count). The van der Waals surface area contributed by atoms with Crippen molar-refractivity contribution in [2.24, 2.45) is 4.99 Å². The van der Waals surface area contributed by atoms with Gasteiger partial charge < -0.3 is 27.1 Å². The highest BCUT2D eigenvalue weighted by molar-refractivity contribution is 6.55. The summed E-state index contributed by atoms with van der Waals surface area (Å²) in [7, 11) is 0. The van der Waals surface area contributed by atoms with Gasteiger partial charge in [-0.05, 0) is 24.3 Å². The van der Waals surface area contributed by atoms with Crippen molar-refractivity contribution >= 4 is 28.1 Å². The molecule has 2 aromatic carbocycles. The van der Waals surface area contributed by atoms with Gasteiger partial charge in [-0.15, -0.1) is 0 Å². The summed E-state index contributed by atoms with van der Waals surface area (Å²) < 4.78 is 0. The first-order valence-corrected chi connectivity index (χ1v) is 6.28. The molecular weight excluding hydrogens is 332 g/mol. The van der Waals surface area contributed by atoms with E-state index in [0.717, 1.165) is 5.52 Å². The summed E-state index contributed by atoms with van der Waals surface area (Å²) in [6.45, 7) is 0. The Bertz CT molecular complexity index is 896. The molecule has 0 saturated carbocycles. The monoisotopic (exact) mass is 341 g/mol. The van der Waals surface area contributed by atoms with Gasteiger partial charge in [-0.25, -0.2) is 4.99 Å². The highest BCUT2D eigenvalue weighted by Gasteiger charge is 2.29. The average molecular weight is 342 g/mol. The van der Waals surface area contributed by atoms with Gasteiger partial charge in [-0.1, -0.05) is 24.3 Å². The number of halogens is 1. The Balaban J connectivity index is 0.00000132. The van der Waals surface area contributed by atoms with Crippen LogP contribution in [0.5, 0.6) is 5.75 Å². The second-order valence-corrected chi connectivity index (χ2v) is 4.70. The fourth-order valence-corrected chi connectivity index (χ4v) is 2.53. The molecule has 0 radical (unpaired) electrons. The topological polar surface area (TPSA) is 65.5 Å². The first-order valence-electron chi connectivity index (χ1n) is 6.28. The zero-order valence-corrected chi connectivity index (χ0v) is 12.4. The number of benzene rings is 2. The molecule has 0 amide bonds. The number of ketones is 1. The molecule has 1 aliphatic heterocycles. The summed E-state index contributed by atoms with van der Waals surface area (Å²) in [6, 6.07) is 14.5. The summed E-state index contributed by atoms with van der Waals surface area (Å²) in [4.78, 5) is 19.8. The molecule has 0 unspecified atom stereocenters. The number of aromatic hydroxyl groups is 1. The molecule has 2 heterocycles. The minimum Gasteiger partial charge on any atom is -1.00 e. The van der Waals surface area contributed by atoms with Crippen LogP contribution in [0.15, 0.2) is 53.5 Å². The number of hydrogen-bond acceptors (Lipinski definition) is 3. The van der Waals surface area contributed by atoms with Crippen LogP contribution in [0.25, 0.3) is 10.9 Å². The van der Waals surface area contributed by atoms with Crippen molar-refractivity contribution < 1.29 is 26.9 Å². The van der Waals surface area contributed by atoms with Gasteiger partial charge in [0.25, 0.3) is 0 Å². The molecule has 2 N–H and O–H groups in total. The second-order valence-electron chi connectivity index (χ2n) is 4.70. The van der Waals surface area contributed by atoms with E-state index < -0.39 is 0 Å². The highest BCUT2D eigenvalue weighted by atomic mass is 79.9. The third-order valence-electron chi connectivity index (χ3n) is 3.51. The van der Waals surface area contributed by atoms with E-state index in [0.29, 0.717) is 22.3 Å². The van der Waals surface area contributed by atoms with Crippen LogP contribution in [0.4, 0.5) is 5.69 Å². The molecule has 0 spiro atoms. The van der Waals surface area contributed by atoms with Gasteiger partial charge in [-0.3, -0.25) is 4.79 Å². The van der Waals surface area contributed by atoms with Gasteiger partial charge in [0.05, 0.1) is 5.69 Å². The summed E-state index contributed by atoms with van der Waals surface area (Å²) in [5, 5.41) is 11.0. The highest BCUT2D eigenvalue weighted by Crippen LogP contribution is 2.34. The fourth-order valence-electron chi connectivity index (χ4n) is 2.53. The predicted molar refractivity (Wildman–Crippen MR) is 76.9 cm³/mol. The van der Waals surface area contributed by atoms with Gasteiger partial charge in [0.2, 0.25) is 5.78 Å². The lowest BCUT2D eigenvalue weighted by Crippen LogP contribution is -3.00. The van der Waals surface area contributed by atoms with Crippen LogP contribution in [0.3, 0.4) is 0 Å². The number of rotatable bonds is 1. The number of carbonyl (C=O) groups excluding carboxylic acids is 1. The van der Waals surface area contributed by atoms with E-state index in [1.54, 1.807) is 24.3 Å². The molecular formula is C16H10BrN2O2-.